The smallest absolute Gasteiger partial charge is 0.0671 e. The van der Waals surface area contributed by atoms with Gasteiger partial charge in [-0.15, -0.1) is 0 Å². The minimum atomic E-state index is 0.0793. The van der Waals surface area contributed by atoms with Crippen LogP contribution in [-0.2, 0) is 10.8 Å². The SMILES string of the molecule is CC=CC(C)(CC)C1CC2=C(C=C1c1cc(-c3ccc4c(c3)C(C)(C)CCC4(C)C)ccn1)C(C)(C)CCC2(C)C. The van der Waals surface area contributed by atoms with Gasteiger partial charge in [0.2, 0.25) is 0 Å². The predicted molar refractivity (Wildman–Crippen MR) is 178 cm³/mol. The number of benzene rings is 1. The number of nitrogens with zero attached hydrogens (tertiary/aromatic N) is 1. The van der Waals surface area contributed by atoms with E-state index in [-0.39, 0.29) is 27.1 Å². The van der Waals surface area contributed by atoms with Gasteiger partial charge >= 0.3 is 0 Å². The van der Waals surface area contributed by atoms with Gasteiger partial charge in [0.25, 0.3) is 0 Å². The van der Waals surface area contributed by atoms with Crippen LogP contribution in [0.3, 0.4) is 0 Å². The molecule has 0 saturated heterocycles. The Morgan fingerprint density at radius 1 is 0.805 bits per heavy atom. The Balaban J connectivity index is 1.67. The van der Waals surface area contributed by atoms with Gasteiger partial charge in [-0.3, -0.25) is 4.98 Å². The van der Waals surface area contributed by atoms with Crippen molar-refractivity contribution in [2.45, 2.75) is 126 Å². The number of aromatic nitrogens is 1. The third-order valence-corrected chi connectivity index (χ3v) is 11.7. The molecule has 1 heterocycles. The number of hydrogen-bond acceptors (Lipinski definition) is 1. The van der Waals surface area contributed by atoms with Crippen LogP contribution >= 0.6 is 0 Å². The zero-order chi connectivity index (χ0) is 30.0. The van der Waals surface area contributed by atoms with Gasteiger partial charge < -0.3 is 0 Å². The summed E-state index contributed by atoms with van der Waals surface area (Å²) < 4.78 is 0. The van der Waals surface area contributed by atoms with Crippen molar-refractivity contribution in [3.05, 3.63) is 82.7 Å². The van der Waals surface area contributed by atoms with Crippen LogP contribution in [0, 0.1) is 22.2 Å². The van der Waals surface area contributed by atoms with Crippen LogP contribution in [0.25, 0.3) is 16.7 Å². The molecule has 0 radical (unpaired) electrons. The molecule has 0 saturated carbocycles. The van der Waals surface area contributed by atoms with E-state index in [2.05, 4.69) is 131 Å². The summed E-state index contributed by atoms with van der Waals surface area (Å²) in [6.07, 6.45) is 16.6. The molecule has 1 nitrogen and oxygen atoms in total. The van der Waals surface area contributed by atoms with Crippen LogP contribution in [0.2, 0.25) is 0 Å². The highest BCUT2D eigenvalue weighted by Crippen LogP contribution is 2.58. The first-order valence-electron chi connectivity index (χ1n) is 16.3. The number of allylic oxidation sites excluding steroid dienone is 6. The van der Waals surface area contributed by atoms with E-state index < -0.39 is 0 Å². The van der Waals surface area contributed by atoms with E-state index in [0.717, 1.165) is 18.5 Å². The lowest BCUT2D eigenvalue weighted by Gasteiger charge is -2.49. The zero-order valence-corrected chi connectivity index (χ0v) is 28.0. The molecule has 220 valence electrons. The third-order valence-electron chi connectivity index (χ3n) is 11.7. The average molecular weight is 550 g/mol. The first-order valence-corrected chi connectivity index (χ1v) is 16.3. The summed E-state index contributed by atoms with van der Waals surface area (Å²) in [4.78, 5) is 5.09. The molecular weight excluding hydrogens is 494 g/mol. The molecule has 3 aliphatic carbocycles. The molecule has 1 heteroatoms. The maximum absolute atomic E-state index is 5.09. The van der Waals surface area contributed by atoms with Gasteiger partial charge in [-0.05, 0) is 124 Å². The second-order valence-corrected chi connectivity index (χ2v) is 16.3. The van der Waals surface area contributed by atoms with Crippen molar-refractivity contribution >= 4 is 5.57 Å². The van der Waals surface area contributed by atoms with Crippen molar-refractivity contribution in [3.8, 4) is 11.1 Å². The maximum atomic E-state index is 5.09. The normalized spacial score (nSPS) is 25.7. The third kappa shape index (κ3) is 5.21. The van der Waals surface area contributed by atoms with Crippen molar-refractivity contribution in [1.29, 1.82) is 0 Å². The van der Waals surface area contributed by atoms with E-state index in [0.29, 0.717) is 5.92 Å². The Kier molecular flexibility index (Phi) is 7.41. The van der Waals surface area contributed by atoms with Gasteiger partial charge in [-0.25, -0.2) is 0 Å². The summed E-state index contributed by atoms with van der Waals surface area (Å²) in [7, 11) is 0. The molecule has 0 bridgehead atoms. The highest BCUT2D eigenvalue weighted by molar-refractivity contribution is 5.76. The standard InChI is InChI=1S/C40H55N/c1-12-17-40(11,13-2)31-26-34-33(38(7,8)20-21-39(34,9)10)25-29(31)35-24-28(16-22-41-35)27-14-15-30-32(23-27)37(5,6)19-18-36(30,3)4/h12,14-17,22-25,31H,13,18-21,26H2,1-11H3. The molecule has 41 heavy (non-hydrogen) atoms. The van der Waals surface area contributed by atoms with Crippen molar-refractivity contribution in [2.24, 2.45) is 22.2 Å². The minimum Gasteiger partial charge on any atom is -0.257 e. The van der Waals surface area contributed by atoms with Crippen molar-refractivity contribution in [3.63, 3.8) is 0 Å². The Bertz CT molecular complexity index is 1420. The number of hydrogen-bond donors (Lipinski definition) is 0. The maximum Gasteiger partial charge on any atom is 0.0671 e. The molecule has 2 atom stereocenters. The Morgan fingerprint density at radius 2 is 1.41 bits per heavy atom. The molecule has 0 amide bonds. The van der Waals surface area contributed by atoms with Gasteiger partial charge in [-0.1, -0.05) is 111 Å². The van der Waals surface area contributed by atoms with Crippen LogP contribution in [-0.4, -0.2) is 4.98 Å². The number of rotatable bonds is 5. The Hall–Kier alpha value is -2.41. The molecule has 5 rings (SSSR count). The molecular formula is C40H55N. The van der Waals surface area contributed by atoms with Gasteiger partial charge in [0.1, 0.15) is 0 Å². The van der Waals surface area contributed by atoms with Crippen molar-refractivity contribution < 1.29 is 0 Å². The highest BCUT2D eigenvalue weighted by Gasteiger charge is 2.45. The quantitative estimate of drug-likeness (QED) is 0.338. The minimum absolute atomic E-state index is 0.0793. The second-order valence-electron chi connectivity index (χ2n) is 16.3. The molecule has 2 unspecified atom stereocenters. The highest BCUT2D eigenvalue weighted by atomic mass is 14.7. The topological polar surface area (TPSA) is 12.9 Å². The molecule has 0 fully saturated rings. The summed E-state index contributed by atoms with van der Waals surface area (Å²) in [6, 6.07) is 11.9. The lowest BCUT2D eigenvalue weighted by atomic mass is 9.55. The molecule has 2 aromatic rings. The second kappa shape index (κ2) is 10.1. The van der Waals surface area contributed by atoms with E-state index in [4.69, 9.17) is 4.98 Å². The van der Waals surface area contributed by atoms with Crippen LogP contribution in [0.15, 0.2) is 65.9 Å². The van der Waals surface area contributed by atoms with E-state index in [1.165, 1.54) is 53.5 Å². The fraction of sp³-hybridized carbons (Fsp3) is 0.575. The van der Waals surface area contributed by atoms with Gasteiger partial charge in [0.05, 0.1) is 5.69 Å². The Labute approximate surface area is 251 Å². The molecule has 3 aliphatic rings. The summed E-state index contributed by atoms with van der Waals surface area (Å²) in [5.74, 6) is 0.404. The van der Waals surface area contributed by atoms with Gasteiger partial charge in [0.15, 0.2) is 0 Å². The molecule has 0 spiro atoms. The van der Waals surface area contributed by atoms with E-state index in [1.807, 2.05) is 0 Å². The van der Waals surface area contributed by atoms with Crippen molar-refractivity contribution in [1.82, 2.24) is 4.98 Å². The summed E-state index contributed by atoms with van der Waals surface area (Å²) in [6.45, 7) is 26.5. The van der Waals surface area contributed by atoms with E-state index >= 15 is 0 Å². The lowest BCUT2D eigenvalue weighted by molar-refractivity contribution is 0.227. The Morgan fingerprint density at radius 3 is 2.07 bits per heavy atom. The van der Waals surface area contributed by atoms with Gasteiger partial charge in [-0.2, -0.15) is 0 Å². The van der Waals surface area contributed by atoms with E-state index in [9.17, 15) is 0 Å². The monoisotopic (exact) mass is 549 g/mol. The molecule has 0 N–H and O–H groups in total. The fourth-order valence-corrected chi connectivity index (χ4v) is 8.16. The first kappa shape index (κ1) is 30.1. The first-order chi connectivity index (χ1) is 19.0. The average Bonchev–Trinajstić information content (AvgIpc) is 2.93. The fourth-order valence-electron chi connectivity index (χ4n) is 8.16. The van der Waals surface area contributed by atoms with Gasteiger partial charge in [0, 0.05) is 6.20 Å². The lowest BCUT2D eigenvalue weighted by Crippen LogP contribution is -2.37. The summed E-state index contributed by atoms with van der Waals surface area (Å²) in [5, 5.41) is 0. The van der Waals surface area contributed by atoms with Crippen LogP contribution in [0.1, 0.15) is 132 Å². The predicted octanol–water partition coefficient (Wildman–Crippen LogP) is 11.6. The summed E-state index contributed by atoms with van der Waals surface area (Å²) >= 11 is 0. The number of fused-ring (bicyclic) bond motifs is 1. The molecule has 1 aromatic carbocycles. The largest absolute Gasteiger partial charge is 0.257 e. The number of pyridine rings is 1. The van der Waals surface area contributed by atoms with E-state index in [1.54, 1.807) is 11.1 Å². The summed E-state index contributed by atoms with van der Waals surface area (Å²) in [5.41, 5.74) is 12.4. The van der Waals surface area contributed by atoms with Crippen molar-refractivity contribution in [2.75, 3.05) is 0 Å². The van der Waals surface area contributed by atoms with Crippen LogP contribution in [0.4, 0.5) is 0 Å². The molecule has 1 aromatic heterocycles. The zero-order valence-electron chi connectivity index (χ0n) is 28.0. The molecule has 0 aliphatic heterocycles. The van der Waals surface area contributed by atoms with Crippen LogP contribution < -0.4 is 0 Å². The van der Waals surface area contributed by atoms with Crippen LogP contribution in [0.5, 0.6) is 0 Å².